The Labute approximate surface area is 151 Å². The molecule has 0 aliphatic heterocycles. The number of nitrogens with two attached hydrogens (primary N) is 1. The van der Waals surface area contributed by atoms with Gasteiger partial charge in [0.2, 0.25) is 5.91 Å². The topological polar surface area (TPSA) is 81.4 Å². The molecule has 2 aromatic rings. The van der Waals surface area contributed by atoms with Crippen molar-refractivity contribution < 1.29 is 14.3 Å². The van der Waals surface area contributed by atoms with E-state index in [0.29, 0.717) is 22.2 Å². The molecule has 1 atom stereocenters. The number of hydrogen-bond acceptors (Lipinski definition) is 4. The molecule has 0 bridgehead atoms. The minimum absolute atomic E-state index is 0.182. The molecule has 5 nitrogen and oxygen atoms in total. The number of amides is 2. The van der Waals surface area contributed by atoms with Gasteiger partial charge in [0.25, 0.3) is 5.91 Å². The molecule has 0 saturated carbocycles. The van der Waals surface area contributed by atoms with Crippen LogP contribution in [0.1, 0.15) is 39.7 Å². The molecule has 0 unspecified atom stereocenters. The summed E-state index contributed by atoms with van der Waals surface area (Å²) in [5, 5.41) is 3.46. The molecule has 1 aromatic carbocycles. The number of rotatable bonds is 5. The first-order chi connectivity index (χ1) is 12.0. The molecule has 25 heavy (non-hydrogen) atoms. The van der Waals surface area contributed by atoms with Crippen molar-refractivity contribution in [3.8, 4) is 5.75 Å². The average molecular weight is 358 g/mol. The number of carbonyl (C=O) groups excluding carboxylic acids is 2. The summed E-state index contributed by atoms with van der Waals surface area (Å²) in [6.07, 6.45) is 3.00. The van der Waals surface area contributed by atoms with Crippen molar-refractivity contribution >= 4 is 28.2 Å². The van der Waals surface area contributed by atoms with Crippen LogP contribution in [0.2, 0.25) is 0 Å². The average Bonchev–Trinajstić information content (AvgIpc) is 2.92. The van der Waals surface area contributed by atoms with E-state index in [-0.39, 0.29) is 12.3 Å². The van der Waals surface area contributed by atoms with Gasteiger partial charge < -0.3 is 15.8 Å². The summed E-state index contributed by atoms with van der Waals surface area (Å²) in [5.74, 6) is 0.606. The van der Waals surface area contributed by atoms with Crippen molar-refractivity contribution in [3.63, 3.8) is 0 Å². The summed E-state index contributed by atoms with van der Waals surface area (Å²) in [5.41, 5.74) is 7.90. The lowest BCUT2D eigenvalue weighted by atomic mass is 9.88. The largest absolute Gasteiger partial charge is 0.496 e. The summed E-state index contributed by atoms with van der Waals surface area (Å²) in [4.78, 5) is 25.6. The summed E-state index contributed by atoms with van der Waals surface area (Å²) < 4.78 is 5.28. The number of fused-ring (bicyclic) bond motifs is 1. The van der Waals surface area contributed by atoms with Gasteiger partial charge in [-0.3, -0.25) is 9.59 Å². The quantitative estimate of drug-likeness (QED) is 0.861. The van der Waals surface area contributed by atoms with E-state index in [9.17, 15) is 9.59 Å². The third-order valence-electron chi connectivity index (χ3n) is 4.55. The monoisotopic (exact) mass is 358 g/mol. The van der Waals surface area contributed by atoms with E-state index >= 15 is 0 Å². The minimum Gasteiger partial charge on any atom is -0.496 e. The number of anilines is 1. The first-order valence-electron chi connectivity index (χ1n) is 8.35. The number of carbonyl (C=O) groups is 2. The fourth-order valence-electron chi connectivity index (χ4n) is 3.29. The van der Waals surface area contributed by atoms with Crippen LogP contribution in [0.15, 0.2) is 24.3 Å². The van der Waals surface area contributed by atoms with Crippen molar-refractivity contribution in [1.82, 2.24) is 0 Å². The van der Waals surface area contributed by atoms with Crippen LogP contribution in [0, 0.1) is 5.92 Å². The zero-order valence-corrected chi connectivity index (χ0v) is 15.2. The predicted octanol–water partition coefficient (Wildman–Crippen LogP) is 3.16. The van der Waals surface area contributed by atoms with Crippen molar-refractivity contribution in [1.29, 1.82) is 0 Å². The summed E-state index contributed by atoms with van der Waals surface area (Å²) in [7, 11) is 1.58. The van der Waals surface area contributed by atoms with Crippen LogP contribution in [-0.2, 0) is 24.1 Å². The van der Waals surface area contributed by atoms with Gasteiger partial charge in [0.1, 0.15) is 10.8 Å². The fraction of sp³-hybridized carbons (Fsp3) is 0.368. The molecule has 6 heteroatoms. The van der Waals surface area contributed by atoms with Gasteiger partial charge in [-0.25, -0.2) is 0 Å². The maximum Gasteiger partial charge on any atom is 0.251 e. The molecule has 132 valence electrons. The highest BCUT2D eigenvalue weighted by molar-refractivity contribution is 7.17. The third kappa shape index (κ3) is 3.69. The first-order valence-corrected chi connectivity index (χ1v) is 9.17. The van der Waals surface area contributed by atoms with E-state index < -0.39 is 5.91 Å². The Kier molecular flexibility index (Phi) is 5.08. The van der Waals surface area contributed by atoms with Crippen molar-refractivity contribution in [3.05, 3.63) is 45.8 Å². The van der Waals surface area contributed by atoms with E-state index in [4.69, 9.17) is 10.5 Å². The molecule has 3 N–H and O–H groups in total. The number of benzene rings is 1. The summed E-state index contributed by atoms with van der Waals surface area (Å²) >= 11 is 1.48. The lowest BCUT2D eigenvalue weighted by molar-refractivity contribution is -0.115. The normalized spacial score (nSPS) is 16.2. The van der Waals surface area contributed by atoms with Crippen LogP contribution < -0.4 is 15.8 Å². The molecule has 2 amide bonds. The van der Waals surface area contributed by atoms with Gasteiger partial charge in [0.05, 0.1) is 19.1 Å². The second-order valence-electron chi connectivity index (χ2n) is 6.46. The zero-order valence-electron chi connectivity index (χ0n) is 14.4. The first kappa shape index (κ1) is 17.5. The second-order valence-corrected chi connectivity index (χ2v) is 7.56. The number of hydrogen-bond donors (Lipinski definition) is 2. The van der Waals surface area contributed by atoms with Crippen LogP contribution in [0.3, 0.4) is 0 Å². The maximum atomic E-state index is 12.5. The number of para-hydroxylation sites is 1. The molecule has 1 heterocycles. The molecule has 1 aliphatic rings. The lowest BCUT2D eigenvalue weighted by Gasteiger charge is -2.18. The number of nitrogens with one attached hydrogen (secondary N) is 1. The van der Waals surface area contributed by atoms with Crippen LogP contribution in [0.25, 0.3) is 0 Å². The van der Waals surface area contributed by atoms with E-state index in [1.807, 2.05) is 24.3 Å². The maximum absolute atomic E-state index is 12.5. The van der Waals surface area contributed by atoms with Crippen molar-refractivity contribution in [2.24, 2.45) is 11.7 Å². The van der Waals surface area contributed by atoms with Gasteiger partial charge in [-0.2, -0.15) is 0 Å². The Balaban J connectivity index is 1.83. The molecule has 0 saturated heterocycles. The summed E-state index contributed by atoms with van der Waals surface area (Å²) in [6.45, 7) is 2.20. The van der Waals surface area contributed by atoms with Gasteiger partial charge in [-0.15, -0.1) is 11.3 Å². The fourth-order valence-corrected chi connectivity index (χ4v) is 4.72. The smallest absolute Gasteiger partial charge is 0.251 e. The summed E-state index contributed by atoms with van der Waals surface area (Å²) in [6, 6.07) is 7.41. The van der Waals surface area contributed by atoms with Gasteiger partial charge in [0, 0.05) is 10.4 Å². The molecule has 3 rings (SSSR count). The predicted molar refractivity (Wildman–Crippen MR) is 99.4 cm³/mol. The van der Waals surface area contributed by atoms with Gasteiger partial charge in [-0.1, -0.05) is 25.1 Å². The van der Waals surface area contributed by atoms with Crippen LogP contribution in [0.4, 0.5) is 5.00 Å². The van der Waals surface area contributed by atoms with Gasteiger partial charge in [0.15, 0.2) is 0 Å². The standard InChI is InChI=1S/C19H22N2O3S/c1-11-7-8-13-15(9-11)25-19(17(13)18(20)23)21-16(22)10-12-5-3-4-6-14(12)24-2/h3-6,11H,7-10H2,1-2H3,(H2,20,23)(H,21,22)/t11-/m1/s1. The van der Waals surface area contributed by atoms with E-state index in [1.54, 1.807) is 7.11 Å². The van der Waals surface area contributed by atoms with Crippen molar-refractivity contribution in [2.75, 3.05) is 12.4 Å². The van der Waals surface area contributed by atoms with Crippen LogP contribution in [-0.4, -0.2) is 18.9 Å². The molecular weight excluding hydrogens is 336 g/mol. The number of thiophene rings is 1. The highest BCUT2D eigenvalue weighted by Crippen LogP contribution is 2.39. The Morgan fingerprint density at radius 2 is 2.12 bits per heavy atom. The van der Waals surface area contributed by atoms with E-state index in [1.165, 1.54) is 16.2 Å². The zero-order chi connectivity index (χ0) is 18.0. The number of primary amides is 1. The Morgan fingerprint density at radius 1 is 1.36 bits per heavy atom. The minimum atomic E-state index is -0.473. The second kappa shape index (κ2) is 7.27. The van der Waals surface area contributed by atoms with Gasteiger partial charge in [-0.05, 0) is 36.8 Å². The molecular formula is C19H22N2O3S. The Bertz CT molecular complexity index is 813. The third-order valence-corrected chi connectivity index (χ3v) is 5.72. The number of methoxy groups -OCH3 is 1. The molecule has 0 radical (unpaired) electrons. The van der Waals surface area contributed by atoms with E-state index in [0.717, 1.165) is 30.4 Å². The lowest BCUT2D eigenvalue weighted by Crippen LogP contribution is -2.20. The number of ether oxygens (including phenoxy) is 1. The molecule has 1 aromatic heterocycles. The van der Waals surface area contributed by atoms with Crippen molar-refractivity contribution in [2.45, 2.75) is 32.6 Å². The SMILES string of the molecule is COc1ccccc1CC(=O)Nc1sc2c(c1C(N)=O)CC[C@@H](C)C2. The molecule has 1 aliphatic carbocycles. The Hall–Kier alpha value is -2.34. The van der Waals surface area contributed by atoms with Crippen LogP contribution >= 0.6 is 11.3 Å². The molecule has 0 fully saturated rings. The van der Waals surface area contributed by atoms with E-state index in [2.05, 4.69) is 12.2 Å². The Morgan fingerprint density at radius 3 is 2.84 bits per heavy atom. The molecule has 0 spiro atoms. The van der Waals surface area contributed by atoms with Gasteiger partial charge >= 0.3 is 0 Å². The highest BCUT2D eigenvalue weighted by atomic mass is 32.1. The van der Waals surface area contributed by atoms with Crippen LogP contribution in [0.5, 0.6) is 5.75 Å². The highest BCUT2D eigenvalue weighted by Gasteiger charge is 2.27.